The maximum Gasteiger partial charge on any atom is 0.333 e. The molecule has 32 heavy (non-hydrogen) atoms. The second-order valence-electron chi connectivity index (χ2n) is 7.04. The number of carbonyl (C=O) groups excluding carboxylic acids is 3. The van der Waals surface area contributed by atoms with Crippen molar-refractivity contribution in [1.29, 1.82) is 0 Å². The van der Waals surface area contributed by atoms with Gasteiger partial charge in [-0.15, -0.1) is 0 Å². The highest BCUT2D eigenvalue weighted by molar-refractivity contribution is 5.94. The molecule has 1 unspecified atom stereocenters. The van der Waals surface area contributed by atoms with Gasteiger partial charge in [0.05, 0.1) is 0 Å². The summed E-state index contributed by atoms with van der Waals surface area (Å²) in [6.07, 6.45) is 29.1. The largest absolute Gasteiger partial charge is 0.425 e. The van der Waals surface area contributed by atoms with Crippen molar-refractivity contribution >= 4 is 17.7 Å². The summed E-state index contributed by atoms with van der Waals surface area (Å²) in [5.74, 6) is -1.41. The first-order chi connectivity index (χ1) is 15.5. The van der Waals surface area contributed by atoms with E-state index >= 15 is 0 Å². The molecule has 0 spiro atoms. The molecule has 0 aromatic carbocycles. The monoisotopic (exact) mass is 442 g/mol. The van der Waals surface area contributed by atoms with Gasteiger partial charge in [-0.05, 0) is 57.9 Å². The fraction of sp³-hybridized carbons (Fsp3) is 0.444. The third-order valence-electron chi connectivity index (χ3n) is 3.94. The van der Waals surface area contributed by atoms with Gasteiger partial charge in [-0.3, -0.25) is 9.59 Å². The summed E-state index contributed by atoms with van der Waals surface area (Å²) in [5, 5.41) is 0. The average Bonchev–Trinajstić information content (AvgIpc) is 2.74. The van der Waals surface area contributed by atoms with Crippen LogP contribution in [0.1, 0.15) is 72.1 Å². The Morgan fingerprint density at radius 1 is 0.719 bits per heavy atom. The number of allylic oxidation sites excluding steroid dienone is 11. The van der Waals surface area contributed by atoms with Crippen LogP contribution in [0.2, 0.25) is 0 Å². The molecule has 0 aromatic heterocycles. The number of hydrogen-bond acceptors (Lipinski definition) is 5. The van der Waals surface area contributed by atoms with Crippen molar-refractivity contribution in [3.63, 3.8) is 0 Å². The number of rotatable bonds is 17. The van der Waals surface area contributed by atoms with E-state index in [-0.39, 0.29) is 12.2 Å². The highest BCUT2D eigenvalue weighted by Crippen LogP contribution is 2.04. The molecule has 0 aliphatic rings. The number of ether oxygens (including phenoxy) is 2. The Kier molecular flexibility index (Phi) is 19.3. The molecule has 0 aromatic rings. The van der Waals surface area contributed by atoms with Crippen LogP contribution < -0.4 is 0 Å². The zero-order valence-electron chi connectivity index (χ0n) is 19.7. The molecular formula is C27H38O5. The first kappa shape index (κ1) is 29.1. The Bertz CT molecular complexity index is 708. The minimum atomic E-state index is -0.986. The van der Waals surface area contributed by atoms with E-state index in [0.29, 0.717) is 6.42 Å². The lowest BCUT2D eigenvalue weighted by Crippen LogP contribution is -2.20. The van der Waals surface area contributed by atoms with E-state index in [9.17, 15) is 14.4 Å². The average molecular weight is 443 g/mol. The minimum absolute atomic E-state index is 0.249. The van der Waals surface area contributed by atoms with Crippen LogP contribution in [0.15, 0.2) is 72.9 Å². The zero-order chi connectivity index (χ0) is 23.9. The Morgan fingerprint density at radius 2 is 1.22 bits per heavy atom. The van der Waals surface area contributed by atoms with Crippen LogP contribution in [0.25, 0.3) is 0 Å². The van der Waals surface area contributed by atoms with Gasteiger partial charge in [-0.1, -0.05) is 67.7 Å². The van der Waals surface area contributed by atoms with Crippen molar-refractivity contribution < 1.29 is 23.9 Å². The first-order valence-corrected chi connectivity index (χ1v) is 11.3. The van der Waals surface area contributed by atoms with Crippen molar-refractivity contribution in [2.75, 3.05) is 0 Å². The normalized spacial score (nSPS) is 13.3. The maximum atomic E-state index is 11.7. The predicted molar refractivity (Wildman–Crippen MR) is 130 cm³/mol. The van der Waals surface area contributed by atoms with E-state index in [1.807, 2.05) is 6.08 Å². The summed E-state index contributed by atoms with van der Waals surface area (Å²) in [4.78, 5) is 33.9. The minimum Gasteiger partial charge on any atom is -0.425 e. The van der Waals surface area contributed by atoms with Crippen LogP contribution in [0, 0.1) is 0 Å². The Labute approximate surface area is 193 Å². The molecule has 5 nitrogen and oxygen atoms in total. The number of esters is 2. The van der Waals surface area contributed by atoms with E-state index in [4.69, 9.17) is 9.47 Å². The predicted octanol–water partition coefficient (Wildman–Crippen LogP) is 6.49. The molecule has 0 amide bonds. The van der Waals surface area contributed by atoms with E-state index in [2.05, 4.69) is 61.6 Å². The van der Waals surface area contributed by atoms with Crippen molar-refractivity contribution in [3.05, 3.63) is 72.9 Å². The fourth-order valence-corrected chi connectivity index (χ4v) is 2.39. The number of unbranched alkanes of at least 4 members (excludes halogenated alkanes) is 1. The van der Waals surface area contributed by atoms with Crippen molar-refractivity contribution in [2.24, 2.45) is 0 Å². The Morgan fingerprint density at radius 3 is 1.72 bits per heavy atom. The molecule has 0 rings (SSSR count). The Hall–Kier alpha value is -2.95. The zero-order valence-corrected chi connectivity index (χ0v) is 19.7. The smallest absolute Gasteiger partial charge is 0.333 e. The maximum absolute atomic E-state index is 11.7. The van der Waals surface area contributed by atoms with Gasteiger partial charge in [0.25, 0.3) is 0 Å². The van der Waals surface area contributed by atoms with Crippen molar-refractivity contribution in [3.8, 4) is 0 Å². The summed E-state index contributed by atoms with van der Waals surface area (Å²) < 4.78 is 9.86. The molecule has 0 saturated carbocycles. The van der Waals surface area contributed by atoms with Gasteiger partial charge in [0.15, 0.2) is 5.78 Å². The molecule has 0 bridgehead atoms. The number of ketones is 1. The van der Waals surface area contributed by atoms with Crippen LogP contribution in [-0.4, -0.2) is 24.0 Å². The lowest BCUT2D eigenvalue weighted by Gasteiger charge is -2.12. The molecule has 0 N–H and O–H groups in total. The molecular weight excluding hydrogens is 404 g/mol. The molecule has 5 heteroatoms. The summed E-state index contributed by atoms with van der Waals surface area (Å²) in [6.45, 7) is 4.92. The van der Waals surface area contributed by atoms with E-state index < -0.39 is 18.2 Å². The van der Waals surface area contributed by atoms with Crippen LogP contribution in [0.3, 0.4) is 0 Å². The SMILES string of the molecule is CC/C=C\C/C=C\C/C=C\C/C=C\C/C=C\CCCC(=O)OC(C)OC(=O)/C=C/C(C)=O. The molecule has 0 fully saturated rings. The van der Waals surface area contributed by atoms with Gasteiger partial charge >= 0.3 is 11.9 Å². The first-order valence-electron chi connectivity index (χ1n) is 11.3. The molecule has 0 aliphatic heterocycles. The van der Waals surface area contributed by atoms with Gasteiger partial charge in [-0.2, -0.15) is 0 Å². The number of hydrogen-bond donors (Lipinski definition) is 0. The molecule has 1 atom stereocenters. The van der Waals surface area contributed by atoms with E-state index in [0.717, 1.165) is 50.7 Å². The quantitative estimate of drug-likeness (QED) is 0.0847. The van der Waals surface area contributed by atoms with Gasteiger partial charge in [0, 0.05) is 19.4 Å². The van der Waals surface area contributed by atoms with Crippen LogP contribution >= 0.6 is 0 Å². The Balaban J connectivity index is 3.75. The van der Waals surface area contributed by atoms with E-state index in [1.54, 1.807) is 0 Å². The van der Waals surface area contributed by atoms with E-state index in [1.165, 1.54) is 13.8 Å². The second-order valence-corrected chi connectivity index (χ2v) is 7.04. The third kappa shape index (κ3) is 21.8. The summed E-state index contributed by atoms with van der Waals surface area (Å²) in [6, 6.07) is 0. The summed E-state index contributed by atoms with van der Waals surface area (Å²) in [5.41, 5.74) is 0. The highest BCUT2D eigenvalue weighted by atomic mass is 16.7. The molecule has 0 saturated heterocycles. The highest BCUT2D eigenvalue weighted by Gasteiger charge is 2.12. The topological polar surface area (TPSA) is 69.7 Å². The van der Waals surface area contributed by atoms with Crippen molar-refractivity contribution in [2.45, 2.75) is 78.4 Å². The van der Waals surface area contributed by atoms with Crippen LogP contribution in [-0.2, 0) is 23.9 Å². The van der Waals surface area contributed by atoms with Crippen molar-refractivity contribution in [1.82, 2.24) is 0 Å². The molecule has 0 aliphatic carbocycles. The lowest BCUT2D eigenvalue weighted by atomic mass is 10.2. The fourth-order valence-electron chi connectivity index (χ4n) is 2.39. The molecule has 0 radical (unpaired) electrons. The second kappa shape index (κ2) is 21.3. The third-order valence-corrected chi connectivity index (χ3v) is 3.94. The molecule has 176 valence electrons. The van der Waals surface area contributed by atoms with Crippen LogP contribution in [0.4, 0.5) is 0 Å². The van der Waals surface area contributed by atoms with Gasteiger partial charge < -0.3 is 9.47 Å². The summed E-state index contributed by atoms with van der Waals surface area (Å²) >= 11 is 0. The number of carbonyl (C=O) groups is 3. The van der Waals surface area contributed by atoms with Gasteiger partial charge in [0.2, 0.25) is 6.29 Å². The standard InChI is InChI=1S/C27H38O5/c1-4-5-6-7-8-9-10-11-12-13-14-15-16-17-18-19-20-21-26(29)31-25(3)32-27(30)23-22-24(2)28/h5-6,8-9,11-12,14-15,17-18,22-23,25H,4,7,10,13,16,19-21H2,1-3H3/b6-5-,9-8-,12-11-,15-14-,18-17-,23-22+. The molecule has 0 heterocycles. The van der Waals surface area contributed by atoms with Gasteiger partial charge in [0.1, 0.15) is 0 Å². The van der Waals surface area contributed by atoms with Gasteiger partial charge in [-0.25, -0.2) is 4.79 Å². The van der Waals surface area contributed by atoms with Crippen LogP contribution in [0.5, 0.6) is 0 Å². The summed E-state index contributed by atoms with van der Waals surface area (Å²) in [7, 11) is 0. The lowest BCUT2D eigenvalue weighted by molar-refractivity contribution is -0.181.